The van der Waals surface area contributed by atoms with Crippen LogP contribution in [-0.2, 0) is 9.59 Å². The van der Waals surface area contributed by atoms with Gasteiger partial charge in [-0.05, 0) is 109 Å². The number of nitrogens with one attached hydrogen (secondary N) is 2. The number of hydrogen-bond donors (Lipinski definition) is 2. The fourth-order valence-electron chi connectivity index (χ4n) is 4.86. The molecular formula is C40H42N4O10. The second-order valence-corrected chi connectivity index (χ2v) is 11.6. The quantitative estimate of drug-likeness (QED) is 0.0376. The second-order valence-electron chi connectivity index (χ2n) is 11.6. The number of benzene rings is 4. The van der Waals surface area contributed by atoms with Gasteiger partial charge in [0.05, 0.1) is 52.0 Å². The van der Waals surface area contributed by atoms with E-state index in [1.807, 2.05) is 0 Å². The zero-order valence-corrected chi connectivity index (χ0v) is 30.5. The number of hydrogen-bond acceptors (Lipinski definition) is 12. The van der Waals surface area contributed by atoms with Crippen LogP contribution in [0, 0.1) is 0 Å². The first-order chi connectivity index (χ1) is 26.2. The summed E-state index contributed by atoms with van der Waals surface area (Å²) in [6, 6.07) is 22.9. The maximum Gasteiger partial charge on any atom is 0.343 e. The largest absolute Gasteiger partial charge is 0.497 e. The average Bonchev–Trinajstić information content (AvgIpc) is 3.20. The molecule has 0 spiro atoms. The van der Waals surface area contributed by atoms with Crippen LogP contribution in [0.2, 0.25) is 0 Å². The Balaban J connectivity index is 1.10. The number of esters is 2. The summed E-state index contributed by atoms with van der Waals surface area (Å²) in [7, 11) is 5.99. The normalized spacial score (nSPS) is 10.8. The van der Waals surface area contributed by atoms with Gasteiger partial charge in [-0.3, -0.25) is 9.59 Å². The summed E-state index contributed by atoms with van der Waals surface area (Å²) < 4.78 is 31.9. The van der Waals surface area contributed by atoms with Gasteiger partial charge in [0.15, 0.2) is 23.0 Å². The molecule has 0 fully saturated rings. The molecule has 0 atom stereocenters. The summed E-state index contributed by atoms with van der Waals surface area (Å²) in [5, 5.41) is 8.01. The fourth-order valence-corrected chi connectivity index (χ4v) is 4.86. The van der Waals surface area contributed by atoms with Crippen LogP contribution in [0.5, 0.6) is 34.5 Å². The van der Waals surface area contributed by atoms with Crippen molar-refractivity contribution < 1.29 is 47.6 Å². The average molecular weight is 739 g/mol. The second kappa shape index (κ2) is 21.0. The van der Waals surface area contributed by atoms with Crippen molar-refractivity contribution in [3.63, 3.8) is 0 Å². The Kier molecular flexibility index (Phi) is 15.6. The smallest absolute Gasteiger partial charge is 0.343 e. The van der Waals surface area contributed by atoms with Gasteiger partial charge in [-0.2, -0.15) is 10.2 Å². The third-order valence-electron chi connectivity index (χ3n) is 7.80. The SMILES string of the molecule is COc1ccc(C(=O)Oc2ccc(C=NNC(=O)CCCCCCC(=O)NN=Cc3ccc(OC(=O)c4ccc(OC)cc4)c(OC)c3)cc2OC)cc1. The number of nitrogens with zero attached hydrogens (tertiary/aromatic N) is 2. The minimum Gasteiger partial charge on any atom is -0.497 e. The van der Waals surface area contributed by atoms with Crippen molar-refractivity contribution in [3.05, 3.63) is 107 Å². The number of ether oxygens (including phenoxy) is 6. The summed E-state index contributed by atoms with van der Waals surface area (Å²) in [6.07, 6.45) is 6.27. The molecule has 2 N–H and O–H groups in total. The van der Waals surface area contributed by atoms with E-state index >= 15 is 0 Å². The Bertz CT molecular complexity index is 1800. The number of hydrazone groups is 2. The van der Waals surface area contributed by atoms with Crippen LogP contribution in [0.25, 0.3) is 0 Å². The van der Waals surface area contributed by atoms with Gasteiger partial charge in [0.1, 0.15) is 11.5 Å². The first-order valence-corrected chi connectivity index (χ1v) is 16.9. The molecule has 2 amide bonds. The predicted molar refractivity (Wildman–Crippen MR) is 201 cm³/mol. The van der Waals surface area contributed by atoms with Gasteiger partial charge in [0.25, 0.3) is 0 Å². The predicted octanol–water partition coefficient (Wildman–Crippen LogP) is 6.10. The van der Waals surface area contributed by atoms with Gasteiger partial charge in [-0.25, -0.2) is 20.4 Å². The molecule has 0 aromatic heterocycles. The molecule has 0 bridgehead atoms. The van der Waals surface area contributed by atoms with Crippen molar-refractivity contribution in [2.45, 2.75) is 38.5 Å². The zero-order chi connectivity index (χ0) is 38.7. The maximum absolute atomic E-state index is 12.5. The van der Waals surface area contributed by atoms with Gasteiger partial charge in [0, 0.05) is 12.8 Å². The van der Waals surface area contributed by atoms with Crippen LogP contribution < -0.4 is 39.3 Å². The molecule has 0 aliphatic heterocycles. The molecule has 0 unspecified atom stereocenters. The lowest BCUT2D eigenvalue weighted by molar-refractivity contribution is -0.122. The molecule has 0 aliphatic rings. The molecule has 4 aromatic carbocycles. The molecule has 54 heavy (non-hydrogen) atoms. The van der Waals surface area contributed by atoms with Crippen LogP contribution in [0.15, 0.2) is 95.1 Å². The Morgan fingerprint density at radius 3 is 1.24 bits per heavy atom. The monoisotopic (exact) mass is 738 g/mol. The number of rotatable bonds is 19. The van der Waals surface area contributed by atoms with Crippen molar-refractivity contribution in [2.24, 2.45) is 10.2 Å². The Hall–Kier alpha value is -6.70. The number of amides is 2. The highest BCUT2D eigenvalue weighted by molar-refractivity contribution is 5.92. The standard InChI is InChI=1S/C40H42N4O10/c1-49-31-17-13-29(14-18-31)39(47)53-33-21-11-27(23-35(33)51-3)25-41-43-37(45)9-7-5-6-8-10-38(46)44-42-26-28-12-22-34(36(24-28)52-4)54-40(48)30-15-19-32(50-2)20-16-30/h11-26H,5-10H2,1-4H3,(H,43,45)(H,44,46). The lowest BCUT2D eigenvalue weighted by atomic mass is 10.1. The third kappa shape index (κ3) is 12.5. The van der Waals surface area contributed by atoms with Crippen LogP contribution in [0.1, 0.15) is 70.4 Å². The number of unbranched alkanes of at least 4 members (excludes halogenated alkanes) is 3. The van der Waals surface area contributed by atoms with Gasteiger partial charge < -0.3 is 28.4 Å². The molecule has 0 saturated carbocycles. The molecule has 14 nitrogen and oxygen atoms in total. The summed E-state index contributed by atoms with van der Waals surface area (Å²) in [5.74, 6) is 0.795. The topological polar surface area (TPSA) is 172 Å². The van der Waals surface area contributed by atoms with Crippen LogP contribution in [0.3, 0.4) is 0 Å². The third-order valence-corrected chi connectivity index (χ3v) is 7.80. The molecule has 0 aliphatic carbocycles. The fraction of sp³-hybridized carbons (Fsp3) is 0.250. The van der Waals surface area contributed by atoms with Crippen molar-refractivity contribution in [1.82, 2.24) is 10.9 Å². The van der Waals surface area contributed by atoms with E-state index in [0.717, 1.165) is 12.8 Å². The highest BCUT2D eigenvalue weighted by atomic mass is 16.6. The maximum atomic E-state index is 12.5. The molecule has 4 rings (SSSR count). The van der Waals surface area contributed by atoms with E-state index in [2.05, 4.69) is 21.1 Å². The number of carbonyl (C=O) groups excluding carboxylic acids is 4. The minimum absolute atomic E-state index is 0.237. The van der Waals surface area contributed by atoms with Crippen molar-refractivity contribution in [3.8, 4) is 34.5 Å². The summed E-state index contributed by atoms with van der Waals surface area (Å²) in [5.41, 5.74) is 6.97. The van der Waals surface area contributed by atoms with E-state index in [0.29, 0.717) is 58.1 Å². The lowest BCUT2D eigenvalue weighted by Gasteiger charge is -2.10. The van der Waals surface area contributed by atoms with Crippen molar-refractivity contribution in [2.75, 3.05) is 28.4 Å². The molecule has 282 valence electrons. The van der Waals surface area contributed by atoms with Gasteiger partial charge in [0.2, 0.25) is 11.8 Å². The van der Waals surface area contributed by atoms with Crippen LogP contribution in [-0.4, -0.2) is 64.6 Å². The molecule has 14 heteroatoms. The first-order valence-electron chi connectivity index (χ1n) is 16.9. The lowest BCUT2D eigenvalue weighted by Crippen LogP contribution is -2.17. The Labute approximate surface area is 313 Å². The highest BCUT2D eigenvalue weighted by Crippen LogP contribution is 2.30. The summed E-state index contributed by atoms with van der Waals surface area (Å²) in [6.45, 7) is 0. The van der Waals surface area contributed by atoms with E-state index < -0.39 is 11.9 Å². The summed E-state index contributed by atoms with van der Waals surface area (Å²) >= 11 is 0. The van der Waals surface area contributed by atoms with Crippen LogP contribution in [0.4, 0.5) is 0 Å². The van der Waals surface area contributed by atoms with E-state index in [1.165, 1.54) is 26.6 Å². The van der Waals surface area contributed by atoms with Crippen LogP contribution >= 0.6 is 0 Å². The zero-order valence-electron chi connectivity index (χ0n) is 30.5. The number of carbonyl (C=O) groups is 4. The van der Waals surface area contributed by atoms with E-state index in [4.69, 9.17) is 28.4 Å². The summed E-state index contributed by atoms with van der Waals surface area (Å²) in [4.78, 5) is 49.5. The minimum atomic E-state index is -0.548. The molecule has 4 aromatic rings. The van der Waals surface area contributed by atoms with Crippen molar-refractivity contribution >= 4 is 36.2 Å². The Morgan fingerprint density at radius 2 is 0.889 bits per heavy atom. The van der Waals surface area contributed by atoms with E-state index in [-0.39, 0.29) is 36.2 Å². The molecule has 0 radical (unpaired) electrons. The number of methoxy groups -OCH3 is 4. The molecule has 0 heterocycles. The molecular weight excluding hydrogens is 696 g/mol. The van der Waals surface area contributed by atoms with Crippen molar-refractivity contribution in [1.29, 1.82) is 0 Å². The van der Waals surface area contributed by atoms with Gasteiger partial charge >= 0.3 is 11.9 Å². The molecule has 0 saturated heterocycles. The Morgan fingerprint density at radius 1 is 0.500 bits per heavy atom. The van der Waals surface area contributed by atoms with Gasteiger partial charge in [-0.1, -0.05) is 12.8 Å². The van der Waals surface area contributed by atoms with E-state index in [9.17, 15) is 19.2 Å². The van der Waals surface area contributed by atoms with E-state index in [1.54, 1.807) is 99.1 Å². The first kappa shape index (κ1) is 40.1. The highest BCUT2D eigenvalue weighted by Gasteiger charge is 2.15. The van der Waals surface area contributed by atoms with Gasteiger partial charge in [-0.15, -0.1) is 0 Å².